The molecule has 4 nitrogen and oxygen atoms in total. The molecule has 1 saturated carbocycles. The number of phenolic OH excluding ortho intramolecular Hbond substituents is 1. The Labute approximate surface area is 112 Å². The molecule has 1 aliphatic carbocycles. The molecule has 3 N–H and O–H groups in total. The first-order chi connectivity index (χ1) is 9.04. The van der Waals surface area contributed by atoms with Crippen molar-refractivity contribution in [3.8, 4) is 5.75 Å². The minimum atomic E-state index is -0.558. The molecule has 0 radical (unpaired) electrons. The van der Waals surface area contributed by atoms with Crippen molar-refractivity contribution in [1.82, 2.24) is 4.90 Å². The fourth-order valence-corrected chi connectivity index (χ4v) is 2.83. The zero-order valence-corrected chi connectivity index (χ0v) is 11.0. The average molecular weight is 266 g/mol. The van der Waals surface area contributed by atoms with E-state index in [0.29, 0.717) is 12.5 Å². The lowest BCUT2D eigenvalue weighted by Crippen LogP contribution is -2.41. The molecule has 1 fully saturated rings. The molecule has 2 rings (SSSR count). The van der Waals surface area contributed by atoms with Crippen molar-refractivity contribution in [2.24, 2.45) is 11.7 Å². The molecule has 1 aliphatic rings. The summed E-state index contributed by atoms with van der Waals surface area (Å²) in [5.41, 5.74) is 5.84. The maximum Gasteiger partial charge on any atom is 0.257 e. The fourth-order valence-electron chi connectivity index (χ4n) is 2.83. The van der Waals surface area contributed by atoms with Gasteiger partial charge in [0, 0.05) is 19.2 Å². The third-order valence-corrected chi connectivity index (χ3v) is 3.93. The number of carbonyl (C=O) groups is 1. The van der Waals surface area contributed by atoms with Crippen molar-refractivity contribution >= 4 is 5.91 Å². The number of nitrogens with zero attached hydrogens (tertiary/aromatic N) is 1. The summed E-state index contributed by atoms with van der Waals surface area (Å²) in [5, 5.41) is 9.66. The van der Waals surface area contributed by atoms with Crippen molar-refractivity contribution in [1.29, 1.82) is 0 Å². The van der Waals surface area contributed by atoms with E-state index < -0.39 is 5.82 Å². The van der Waals surface area contributed by atoms with Gasteiger partial charge in [0.1, 0.15) is 11.6 Å². The number of hydrogen-bond acceptors (Lipinski definition) is 3. The van der Waals surface area contributed by atoms with Gasteiger partial charge in [-0.3, -0.25) is 4.79 Å². The van der Waals surface area contributed by atoms with Crippen LogP contribution >= 0.6 is 0 Å². The Balaban J connectivity index is 2.19. The van der Waals surface area contributed by atoms with Crippen LogP contribution in [-0.4, -0.2) is 35.5 Å². The maximum absolute atomic E-state index is 12.9. The minimum absolute atomic E-state index is 0.0990. The lowest BCUT2D eigenvalue weighted by Gasteiger charge is -2.29. The number of aromatic hydroxyl groups is 1. The third kappa shape index (κ3) is 2.71. The van der Waals surface area contributed by atoms with Gasteiger partial charge in [0.2, 0.25) is 0 Å². The average Bonchev–Trinajstić information content (AvgIpc) is 2.85. The van der Waals surface area contributed by atoms with Crippen molar-refractivity contribution in [3.05, 3.63) is 29.6 Å². The molecular formula is C14H19FN2O2. The van der Waals surface area contributed by atoms with E-state index >= 15 is 0 Å². The first-order valence-electron chi connectivity index (χ1n) is 6.50. The van der Waals surface area contributed by atoms with Gasteiger partial charge in [-0.25, -0.2) is 4.39 Å². The summed E-state index contributed by atoms with van der Waals surface area (Å²) >= 11 is 0. The monoisotopic (exact) mass is 266 g/mol. The van der Waals surface area contributed by atoms with Gasteiger partial charge in [-0.1, -0.05) is 6.42 Å². The molecule has 5 heteroatoms. The summed E-state index contributed by atoms with van der Waals surface area (Å²) in [6, 6.07) is 3.55. The second kappa shape index (κ2) is 5.57. The van der Waals surface area contributed by atoms with Crippen LogP contribution in [0.4, 0.5) is 4.39 Å². The molecule has 1 aromatic rings. The van der Waals surface area contributed by atoms with Crippen molar-refractivity contribution in [2.45, 2.75) is 25.3 Å². The number of benzene rings is 1. The first-order valence-corrected chi connectivity index (χ1v) is 6.50. The van der Waals surface area contributed by atoms with Gasteiger partial charge in [-0.2, -0.15) is 0 Å². The van der Waals surface area contributed by atoms with Crippen LogP contribution < -0.4 is 5.73 Å². The highest BCUT2D eigenvalue weighted by Gasteiger charge is 2.32. The molecular weight excluding hydrogens is 247 g/mol. The number of nitrogens with two attached hydrogens (primary N) is 1. The zero-order valence-electron chi connectivity index (χ0n) is 11.0. The highest BCUT2D eigenvalue weighted by molar-refractivity contribution is 5.96. The molecule has 0 spiro atoms. The molecule has 0 aromatic heterocycles. The predicted octanol–water partition coefficient (Wildman–Crippen LogP) is 1.73. The zero-order chi connectivity index (χ0) is 14.0. The summed E-state index contributed by atoms with van der Waals surface area (Å²) < 4.78 is 12.9. The summed E-state index contributed by atoms with van der Waals surface area (Å²) in [4.78, 5) is 14.0. The van der Waals surface area contributed by atoms with Gasteiger partial charge < -0.3 is 15.7 Å². The van der Waals surface area contributed by atoms with Gasteiger partial charge in [-0.05, 0) is 37.4 Å². The second-order valence-electron chi connectivity index (χ2n) is 5.07. The highest BCUT2D eigenvalue weighted by atomic mass is 19.1. The van der Waals surface area contributed by atoms with Crippen molar-refractivity contribution in [2.75, 3.05) is 13.6 Å². The van der Waals surface area contributed by atoms with Crippen LogP contribution in [0.1, 0.15) is 29.6 Å². The van der Waals surface area contributed by atoms with Crippen LogP contribution in [0.2, 0.25) is 0 Å². The molecule has 2 unspecified atom stereocenters. The van der Waals surface area contributed by atoms with E-state index in [-0.39, 0.29) is 23.3 Å². The first kappa shape index (κ1) is 13.8. The molecule has 1 aromatic carbocycles. The Hall–Kier alpha value is -1.62. The van der Waals surface area contributed by atoms with Crippen LogP contribution in [-0.2, 0) is 0 Å². The molecule has 2 atom stereocenters. The van der Waals surface area contributed by atoms with E-state index in [9.17, 15) is 14.3 Å². The lowest BCUT2D eigenvalue weighted by atomic mass is 10.0. The Morgan fingerprint density at radius 2 is 2.26 bits per heavy atom. The van der Waals surface area contributed by atoms with Gasteiger partial charge in [0.25, 0.3) is 5.91 Å². The third-order valence-electron chi connectivity index (χ3n) is 3.93. The quantitative estimate of drug-likeness (QED) is 0.875. The molecule has 0 bridgehead atoms. The topological polar surface area (TPSA) is 66.6 Å². The van der Waals surface area contributed by atoms with Gasteiger partial charge in [0.05, 0.1) is 5.56 Å². The molecule has 0 aliphatic heterocycles. The second-order valence-corrected chi connectivity index (χ2v) is 5.07. The highest BCUT2D eigenvalue weighted by Crippen LogP contribution is 2.30. The Morgan fingerprint density at radius 1 is 1.53 bits per heavy atom. The minimum Gasteiger partial charge on any atom is -0.507 e. The van der Waals surface area contributed by atoms with E-state index in [1.54, 1.807) is 11.9 Å². The molecule has 0 heterocycles. The molecule has 19 heavy (non-hydrogen) atoms. The summed E-state index contributed by atoms with van der Waals surface area (Å²) in [6.45, 7) is 0.553. The lowest BCUT2D eigenvalue weighted by molar-refractivity contribution is 0.0697. The van der Waals surface area contributed by atoms with Crippen molar-refractivity contribution in [3.63, 3.8) is 0 Å². The number of phenols is 1. The maximum atomic E-state index is 12.9. The number of rotatable bonds is 3. The van der Waals surface area contributed by atoms with E-state index in [1.807, 2.05) is 0 Å². The van der Waals surface area contributed by atoms with E-state index in [2.05, 4.69) is 0 Å². The smallest absolute Gasteiger partial charge is 0.257 e. The molecule has 1 amide bonds. The summed E-state index contributed by atoms with van der Waals surface area (Å²) in [7, 11) is 1.71. The summed E-state index contributed by atoms with van der Waals surface area (Å²) in [6.07, 6.45) is 3.00. The number of carbonyl (C=O) groups excluding carboxylic acids is 1. The Morgan fingerprint density at radius 3 is 2.89 bits per heavy atom. The largest absolute Gasteiger partial charge is 0.507 e. The number of amides is 1. The van der Waals surface area contributed by atoms with Crippen LogP contribution in [0.3, 0.4) is 0 Å². The van der Waals surface area contributed by atoms with Crippen LogP contribution in [0.5, 0.6) is 5.75 Å². The van der Waals surface area contributed by atoms with Crippen molar-refractivity contribution < 1.29 is 14.3 Å². The van der Waals surface area contributed by atoms with Crippen LogP contribution in [0, 0.1) is 11.7 Å². The van der Waals surface area contributed by atoms with E-state index in [4.69, 9.17) is 5.73 Å². The van der Waals surface area contributed by atoms with Gasteiger partial charge in [-0.15, -0.1) is 0 Å². The summed E-state index contributed by atoms with van der Waals surface area (Å²) in [5.74, 6) is -0.865. The Bertz CT molecular complexity index is 479. The SMILES string of the molecule is CN(C(=O)c1ccc(F)cc1O)C1CCCC1CN. The van der Waals surface area contributed by atoms with Crippen LogP contribution in [0.25, 0.3) is 0 Å². The van der Waals surface area contributed by atoms with Crippen LogP contribution in [0.15, 0.2) is 18.2 Å². The number of halogens is 1. The van der Waals surface area contributed by atoms with E-state index in [0.717, 1.165) is 25.3 Å². The number of hydrogen-bond donors (Lipinski definition) is 2. The van der Waals surface area contributed by atoms with Gasteiger partial charge in [0.15, 0.2) is 0 Å². The van der Waals surface area contributed by atoms with E-state index in [1.165, 1.54) is 12.1 Å². The molecule has 104 valence electrons. The normalized spacial score (nSPS) is 22.5. The fraction of sp³-hybridized carbons (Fsp3) is 0.500. The predicted molar refractivity (Wildman–Crippen MR) is 70.3 cm³/mol. The standard InChI is InChI=1S/C14H19FN2O2/c1-17(12-4-2-3-9(12)8-16)14(19)11-6-5-10(15)7-13(11)18/h5-7,9,12,18H,2-4,8,16H2,1H3. The van der Waals surface area contributed by atoms with Gasteiger partial charge >= 0.3 is 0 Å². The molecule has 0 saturated heterocycles. The Kier molecular flexibility index (Phi) is 4.04.